The minimum atomic E-state index is -1.20. The van der Waals surface area contributed by atoms with E-state index < -0.39 is 23.9 Å². The molecule has 0 unspecified atom stereocenters. The second-order valence-electron chi connectivity index (χ2n) is 7.57. The van der Waals surface area contributed by atoms with Crippen LogP contribution in [0.5, 0.6) is 0 Å². The minimum absolute atomic E-state index is 0.303. The van der Waals surface area contributed by atoms with Crippen LogP contribution in [-0.4, -0.2) is 30.1 Å². The molecule has 2 aromatic carbocycles. The van der Waals surface area contributed by atoms with Crippen LogP contribution in [0.2, 0.25) is 0 Å². The van der Waals surface area contributed by atoms with Crippen LogP contribution in [0.15, 0.2) is 42.5 Å². The summed E-state index contributed by atoms with van der Waals surface area (Å²) in [6.07, 6.45) is 0.690. The molecule has 27 heavy (non-hydrogen) atoms. The standard InChI is InChI=1S/C18H17NO4.C3H9N/c20-17(15-13-8-9-14(23-13)16(15)18(21)22)19-12-7-3-5-10-4-1-2-6-11(10)12;1-3(2)4/h1-7,13-16H,8-9H2,(H,19,20)(H,21,22);3H,4H2,1-2H3/t13-,14+,15-,16+;/m1./s1. The average Bonchev–Trinajstić information content (AvgIpc) is 3.23. The number of amides is 1. The van der Waals surface area contributed by atoms with E-state index in [4.69, 9.17) is 4.74 Å². The zero-order valence-electron chi connectivity index (χ0n) is 15.7. The predicted molar refractivity (Wildman–Crippen MR) is 100 cm³/mol. The molecule has 144 valence electrons. The van der Waals surface area contributed by atoms with E-state index in [1.165, 1.54) is 0 Å². The van der Waals surface area contributed by atoms with Gasteiger partial charge in [-0.05, 0) is 38.1 Å². The topological polar surface area (TPSA) is 106 Å². The highest BCUT2D eigenvalue weighted by Gasteiger charge is 2.52. The van der Waals surface area contributed by atoms with Crippen LogP contribution in [-0.2, 0) is 14.3 Å². The second-order valence-corrected chi connectivity index (χ2v) is 7.57. The average molecular weight is 370 g/mol. The molecule has 2 aromatic rings. The lowest BCUT2D eigenvalue weighted by Crippen LogP contribution is -2.57. The summed E-state index contributed by atoms with van der Waals surface area (Å²) >= 11 is 0. The fourth-order valence-electron chi connectivity index (χ4n) is 3.86. The molecule has 2 bridgehead atoms. The van der Waals surface area contributed by atoms with Gasteiger partial charge in [0.25, 0.3) is 0 Å². The van der Waals surface area contributed by atoms with Gasteiger partial charge in [-0.2, -0.15) is 0 Å². The molecule has 0 aromatic heterocycles. The Hall–Kier alpha value is -2.44. The predicted octanol–water partition coefficient (Wildman–Crippen LogP) is 0.959. The Kier molecular flexibility index (Phi) is 5.77. The van der Waals surface area contributed by atoms with Crippen molar-refractivity contribution in [3.05, 3.63) is 42.5 Å². The van der Waals surface area contributed by atoms with E-state index in [9.17, 15) is 14.7 Å². The first kappa shape index (κ1) is 19.3. The number of carbonyl (C=O) groups is 2. The van der Waals surface area contributed by atoms with Gasteiger partial charge < -0.3 is 25.7 Å². The zero-order chi connectivity index (χ0) is 19.6. The fraction of sp³-hybridized carbons (Fsp3) is 0.429. The van der Waals surface area contributed by atoms with Crippen LogP contribution in [0, 0.1) is 11.8 Å². The number of nitrogens with one attached hydrogen (secondary N) is 1. The summed E-state index contributed by atoms with van der Waals surface area (Å²) in [5, 5.41) is 16.2. The van der Waals surface area contributed by atoms with E-state index >= 15 is 0 Å². The maximum atomic E-state index is 12.7. The summed E-state index contributed by atoms with van der Waals surface area (Å²) in [5.74, 6) is -3.04. The van der Waals surface area contributed by atoms with Crippen molar-refractivity contribution in [2.75, 3.05) is 5.32 Å². The number of anilines is 1. The first-order valence-electron chi connectivity index (χ1n) is 9.36. The summed E-state index contributed by atoms with van der Waals surface area (Å²) in [6.45, 7) is 4.11. The number of quaternary nitrogens is 1. The highest BCUT2D eigenvalue weighted by Crippen LogP contribution is 2.43. The Morgan fingerprint density at radius 1 is 1.07 bits per heavy atom. The summed E-state index contributed by atoms with van der Waals surface area (Å²) in [6, 6.07) is 14.0. The number of rotatable bonds is 3. The van der Waals surface area contributed by atoms with Crippen molar-refractivity contribution in [3.8, 4) is 0 Å². The maximum Gasteiger partial charge on any atom is 0.230 e. The molecule has 2 heterocycles. The molecular weight excluding hydrogens is 344 g/mol. The van der Waals surface area contributed by atoms with E-state index in [0.717, 1.165) is 17.2 Å². The molecule has 2 saturated heterocycles. The third kappa shape index (κ3) is 4.12. The van der Waals surface area contributed by atoms with Crippen molar-refractivity contribution in [1.29, 1.82) is 0 Å². The van der Waals surface area contributed by atoms with Crippen LogP contribution in [0.1, 0.15) is 26.7 Å². The molecule has 1 amide bonds. The Labute approximate surface area is 158 Å². The molecule has 4 rings (SSSR count). The number of benzene rings is 2. The number of fused-ring (bicyclic) bond motifs is 3. The van der Waals surface area contributed by atoms with E-state index in [0.29, 0.717) is 18.2 Å². The third-order valence-electron chi connectivity index (χ3n) is 4.90. The van der Waals surface area contributed by atoms with Crippen LogP contribution in [0.25, 0.3) is 10.8 Å². The molecule has 2 aliphatic rings. The highest BCUT2D eigenvalue weighted by molar-refractivity contribution is 6.04. The largest absolute Gasteiger partial charge is 0.550 e. The third-order valence-corrected chi connectivity index (χ3v) is 4.90. The van der Waals surface area contributed by atoms with E-state index in [2.05, 4.69) is 24.9 Å². The van der Waals surface area contributed by atoms with E-state index in [1.807, 2.05) is 42.5 Å². The molecular formula is C21H26N2O4. The first-order valence-corrected chi connectivity index (χ1v) is 9.36. The Morgan fingerprint density at radius 2 is 1.67 bits per heavy atom. The monoisotopic (exact) mass is 370 g/mol. The molecule has 0 radical (unpaired) electrons. The van der Waals surface area contributed by atoms with Crippen molar-refractivity contribution >= 4 is 28.3 Å². The van der Waals surface area contributed by atoms with Crippen LogP contribution >= 0.6 is 0 Å². The molecule has 2 aliphatic heterocycles. The zero-order valence-corrected chi connectivity index (χ0v) is 15.7. The normalized spacial score (nSPS) is 25.9. The minimum Gasteiger partial charge on any atom is -0.550 e. The van der Waals surface area contributed by atoms with Gasteiger partial charge in [0, 0.05) is 23.0 Å². The van der Waals surface area contributed by atoms with Gasteiger partial charge in [-0.3, -0.25) is 4.79 Å². The molecule has 4 N–H and O–H groups in total. The second kappa shape index (κ2) is 8.06. The molecule has 4 atom stereocenters. The Morgan fingerprint density at radius 3 is 2.33 bits per heavy atom. The van der Waals surface area contributed by atoms with Gasteiger partial charge in [0.15, 0.2) is 0 Å². The number of ether oxygens (including phenoxy) is 1. The number of aliphatic carboxylic acids is 1. The number of hydrogen-bond donors (Lipinski definition) is 2. The SMILES string of the molecule is CC(C)[NH3+].O=C([O-])[C@@H]1[C@H](C(=O)Nc2cccc3ccccc23)[C@H]2CC[C@@H]1O2. The highest BCUT2D eigenvalue weighted by atomic mass is 16.5. The lowest BCUT2D eigenvalue weighted by atomic mass is 9.78. The van der Waals surface area contributed by atoms with Crippen molar-refractivity contribution in [3.63, 3.8) is 0 Å². The number of carboxylic acid groups (broad SMARTS) is 1. The Balaban J connectivity index is 0.000000481. The Bertz CT molecular complexity index is 828. The number of hydrogen-bond acceptors (Lipinski definition) is 4. The van der Waals surface area contributed by atoms with Gasteiger partial charge in [-0.1, -0.05) is 36.4 Å². The van der Waals surface area contributed by atoms with Gasteiger partial charge in [-0.25, -0.2) is 0 Å². The summed E-state index contributed by atoms with van der Waals surface area (Å²) in [5.41, 5.74) is 4.33. The lowest BCUT2D eigenvalue weighted by Gasteiger charge is -2.27. The maximum absolute atomic E-state index is 12.7. The number of carbonyl (C=O) groups excluding carboxylic acids is 2. The van der Waals surface area contributed by atoms with Gasteiger partial charge >= 0.3 is 0 Å². The molecule has 0 saturated carbocycles. The van der Waals surface area contributed by atoms with E-state index in [1.54, 1.807) is 0 Å². The fourth-order valence-corrected chi connectivity index (χ4v) is 3.86. The summed E-state index contributed by atoms with van der Waals surface area (Å²) < 4.78 is 5.62. The molecule has 0 aliphatic carbocycles. The van der Waals surface area contributed by atoms with Gasteiger partial charge in [0.05, 0.1) is 24.2 Å². The molecule has 2 fully saturated rings. The summed E-state index contributed by atoms with van der Waals surface area (Å²) in [7, 11) is 0. The quantitative estimate of drug-likeness (QED) is 0.839. The number of carboxylic acids is 1. The van der Waals surface area contributed by atoms with Gasteiger partial charge in [0.2, 0.25) is 5.91 Å². The lowest BCUT2D eigenvalue weighted by molar-refractivity contribution is -0.407. The molecule has 6 heteroatoms. The smallest absolute Gasteiger partial charge is 0.230 e. The summed E-state index contributed by atoms with van der Waals surface area (Å²) in [4.78, 5) is 24.1. The van der Waals surface area contributed by atoms with Crippen molar-refractivity contribution in [2.24, 2.45) is 11.8 Å². The van der Waals surface area contributed by atoms with Crippen molar-refractivity contribution in [1.82, 2.24) is 0 Å². The van der Waals surface area contributed by atoms with Crippen LogP contribution in [0.3, 0.4) is 0 Å². The first-order chi connectivity index (χ1) is 12.9. The van der Waals surface area contributed by atoms with Crippen LogP contribution in [0.4, 0.5) is 5.69 Å². The van der Waals surface area contributed by atoms with E-state index in [-0.39, 0.29) is 12.0 Å². The van der Waals surface area contributed by atoms with Crippen LogP contribution < -0.4 is 16.2 Å². The van der Waals surface area contributed by atoms with Gasteiger partial charge in [-0.15, -0.1) is 0 Å². The molecule has 6 nitrogen and oxygen atoms in total. The van der Waals surface area contributed by atoms with Gasteiger partial charge in [0.1, 0.15) is 0 Å². The van der Waals surface area contributed by atoms with Crippen molar-refractivity contribution < 1.29 is 25.2 Å². The van der Waals surface area contributed by atoms with Crippen molar-refractivity contribution in [2.45, 2.75) is 44.9 Å². The molecule has 0 spiro atoms.